The third-order valence-electron chi connectivity index (χ3n) is 6.15. The highest BCUT2D eigenvalue weighted by molar-refractivity contribution is 5.27. The Morgan fingerprint density at radius 3 is 2.31 bits per heavy atom. The van der Waals surface area contributed by atoms with Crippen LogP contribution in [0.4, 0.5) is 4.39 Å². The molecule has 2 aliphatic heterocycles. The summed E-state index contributed by atoms with van der Waals surface area (Å²) in [6.07, 6.45) is 2.59. The minimum absolute atomic E-state index is 0.231. The largest absolute Gasteiger partial charge is 0.497 e. The molecule has 1 saturated carbocycles. The molecule has 1 aliphatic carbocycles. The van der Waals surface area contributed by atoms with Crippen molar-refractivity contribution in [1.82, 2.24) is 4.90 Å². The van der Waals surface area contributed by atoms with E-state index in [4.69, 9.17) is 9.47 Å². The Labute approximate surface area is 154 Å². The summed E-state index contributed by atoms with van der Waals surface area (Å²) in [6.45, 7) is 3.93. The highest BCUT2D eigenvalue weighted by atomic mass is 19.1. The average molecular weight is 355 g/mol. The summed E-state index contributed by atoms with van der Waals surface area (Å²) in [5, 5.41) is 0. The molecule has 2 saturated heterocycles. The minimum atomic E-state index is -0.231. The van der Waals surface area contributed by atoms with E-state index in [2.05, 4.69) is 24.0 Å². The van der Waals surface area contributed by atoms with Gasteiger partial charge in [0, 0.05) is 18.6 Å². The second-order valence-electron chi connectivity index (χ2n) is 7.60. The van der Waals surface area contributed by atoms with Gasteiger partial charge in [-0.1, -0.05) is 19.1 Å². The smallest absolute Gasteiger partial charge is 0.123 e. The quantitative estimate of drug-likeness (QED) is 0.761. The molecule has 3 nitrogen and oxygen atoms in total. The first-order valence-electron chi connectivity index (χ1n) is 9.41. The van der Waals surface area contributed by atoms with Crippen molar-refractivity contribution in [1.29, 1.82) is 0 Å². The second kappa shape index (κ2) is 7.28. The van der Waals surface area contributed by atoms with E-state index in [0.29, 0.717) is 24.6 Å². The average Bonchev–Trinajstić information content (AvgIpc) is 2.62. The van der Waals surface area contributed by atoms with Gasteiger partial charge in [-0.2, -0.15) is 0 Å². The molecule has 3 fully saturated rings. The van der Waals surface area contributed by atoms with Crippen molar-refractivity contribution < 1.29 is 13.9 Å². The lowest BCUT2D eigenvalue weighted by molar-refractivity contribution is -0.0923. The van der Waals surface area contributed by atoms with Crippen LogP contribution in [0.3, 0.4) is 0 Å². The van der Waals surface area contributed by atoms with E-state index in [1.807, 2.05) is 12.1 Å². The van der Waals surface area contributed by atoms with Gasteiger partial charge in [0.25, 0.3) is 0 Å². The molecule has 5 rings (SSSR count). The Bertz CT molecular complexity index is 725. The van der Waals surface area contributed by atoms with Gasteiger partial charge in [-0.3, -0.25) is 4.90 Å². The lowest BCUT2D eigenvalue weighted by Crippen LogP contribution is -2.62. The number of benzene rings is 2. The molecule has 4 heteroatoms. The van der Waals surface area contributed by atoms with Crippen molar-refractivity contribution in [2.75, 3.05) is 13.7 Å². The Morgan fingerprint density at radius 1 is 1.00 bits per heavy atom. The van der Waals surface area contributed by atoms with Crippen molar-refractivity contribution in [3.8, 4) is 11.5 Å². The second-order valence-corrected chi connectivity index (χ2v) is 7.60. The first-order valence-corrected chi connectivity index (χ1v) is 9.41. The van der Waals surface area contributed by atoms with Gasteiger partial charge < -0.3 is 9.47 Å². The molecule has 2 aromatic rings. The predicted octanol–water partition coefficient (Wildman–Crippen LogP) is 4.51. The number of rotatable bonds is 6. The highest BCUT2D eigenvalue weighted by Gasteiger charge is 2.48. The van der Waals surface area contributed by atoms with Crippen molar-refractivity contribution in [2.45, 2.75) is 38.4 Å². The molecule has 2 heterocycles. The lowest BCUT2D eigenvalue weighted by atomic mass is 9.65. The Kier molecular flexibility index (Phi) is 4.86. The first-order chi connectivity index (χ1) is 12.6. The van der Waals surface area contributed by atoms with Gasteiger partial charge in [0.1, 0.15) is 23.9 Å². The normalized spacial score (nSPS) is 27.7. The summed E-state index contributed by atoms with van der Waals surface area (Å²) in [7, 11) is 1.69. The topological polar surface area (TPSA) is 21.7 Å². The SMILES string of the molecule is COc1ccc(CN2C3CC(C3)[C@@H](C)[C@H]2COc2ccc(F)cc2)cc1. The summed E-state index contributed by atoms with van der Waals surface area (Å²) in [5.41, 5.74) is 1.30. The van der Waals surface area contributed by atoms with Crippen LogP contribution in [0.2, 0.25) is 0 Å². The monoisotopic (exact) mass is 355 g/mol. The van der Waals surface area contributed by atoms with Gasteiger partial charge in [-0.15, -0.1) is 0 Å². The van der Waals surface area contributed by atoms with E-state index in [0.717, 1.165) is 24.0 Å². The van der Waals surface area contributed by atoms with Crippen LogP contribution >= 0.6 is 0 Å². The molecule has 0 amide bonds. The minimum Gasteiger partial charge on any atom is -0.497 e. The molecule has 2 bridgehead atoms. The molecule has 2 atom stereocenters. The number of methoxy groups -OCH3 is 1. The van der Waals surface area contributed by atoms with Gasteiger partial charge >= 0.3 is 0 Å². The zero-order valence-electron chi connectivity index (χ0n) is 15.4. The number of ether oxygens (including phenoxy) is 2. The van der Waals surface area contributed by atoms with Crippen molar-refractivity contribution >= 4 is 0 Å². The van der Waals surface area contributed by atoms with E-state index in [1.165, 1.54) is 30.5 Å². The highest BCUT2D eigenvalue weighted by Crippen LogP contribution is 2.47. The van der Waals surface area contributed by atoms with Crippen LogP contribution in [0.25, 0.3) is 0 Å². The summed E-state index contributed by atoms with van der Waals surface area (Å²) in [5.74, 6) is 2.82. The number of halogens is 1. The zero-order chi connectivity index (χ0) is 18.1. The van der Waals surface area contributed by atoms with Crippen LogP contribution in [0.1, 0.15) is 25.3 Å². The maximum absolute atomic E-state index is 13.1. The molecule has 0 unspecified atom stereocenters. The third-order valence-corrected chi connectivity index (χ3v) is 6.15. The fraction of sp³-hybridized carbons (Fsp3) is 0.455. The summed E-state index contributed by atoms with van der Waals surface area (Å²) >= 11 is 0. The zero-order valence-corrected chi connectivity index (χ0v) is 15.4. The number of hydrogen-bond donors (Lipinski definition) is 0. The number of fused-ring (bicyclic) bond motifs is 2. The van der Waals surface area contributed by atoms with E-state index in [9.17, 15) is 4.39 Å². The van der Waals surface area contributed by atoms with Gasteiger partial charge in [0.05, 0.1) is 7.11 Å². The van der Waals surface area contributed by atoms with Gasteiger partial charge in [0.2, 0.25) is 0 Å². The van der Waals surface area contributed by atoms with Gasteiger partial charge in [-0.25, -0.2) is 4.39 Å². The molecule has 0 spiro atoms. The summed E-state index contributed by atoms with van der Waals surface area (Å²) in [6, 6.07) is 15.7. The van der Waals surface area contributed by atoms with Crippen molar-refractivity contribution in [3.05, 3.63) is 59.9 Å². The molecule has 138 valence electrons. The first kappa shape index (κ1) is 17.3. The maximum atomic E-state index is 13.1. The Hall–Kier alpha value is -2.07. The van der Waals surface area contributed by atoms with E-state index in [-0.39, 0.29) is 5.82 Å². The van der Waals surface area contributed by atoms with Crippen LogP contribution in [-0.4, -0.2) is 30.7 Å². The molecule has 26 heavy (non-hydrogen) atoms. The van der Waals surface area contributed by atoms with Crippen LogP contribution in [-0.2, 0) is 6.54 Å². The summed E-state index contributed by atoms with van der Waals surface area (Å²) in [4.78, 5) is 2.61. The van der Waals surface area contributed by atoms with Gasteiger partial charge in [-0.05, 0) is 66.6 Å². The predicted molar refractivity (Wildman–Crippen MR) is 99.9 cm³/mol. The molecular formula is C22H26FNO2. The fourth-order valence-electron chi connectivity index (χ4n) is 4.37. The number of piperidine rings is 2. The Balaban J connectivity index is 1.45. The third kappa shape index (κ3) is 3.43. The standard InChI is InChI=1S/C22H26FNO2/c1-15-17-11-19(12-17)24(13-16-3-7-20(25-2)8-4-16)22(15)14-26-21-9-5-18(23)6-10-21/h3-10,15,17,19,22H,11-14H2,1-2H3/t15-,17?,19?,22-/m1/s1. The molecule has 3 aliphatic rings. The van der Waals surface area contributed by atoms with E-state index < -0.39 is 0 Å². The maximum Gasteiger partial charge on any atom is 0.123 e. The molecule has 2 aromatic carbocycles. The van der Waals surface area contributed by atoms with Crippen LogP contribution in [0.5, 0.6) is 11.5 Å². The number of nitrogens with zero attached hydrogens (tertiary/aromatic N) is 1. The number of hydrogen-bond acceptors (Lipinski definition) is 3. The van der Waals surface area contributed by atoms with Gasteiger partial charge in [0.15, 0.2) is 0 Å². The van der Waals surface area contributed by atoms with E-state index >= 15 is 0 Å². The Morgan fingerprint density at radius 2 is 1.65 bits per heavy atom. The molecular weight excluding hydrogens is 329 g/mol. The van der Waals surface area contributed by atoms with Crippen LogP contribution < -0.4 is 9.47 Å². The van der Waals surface area contributed by atoms with Crippen LogP contribution in [0, 0.1) is 17.7 Å². The summed E-state index contributed by atoms with van der Waals surface area (Å²) < 4.78 is 24.4. The van der Waals surface area contributed by atoms with Crippen molar-refractivity contribution in [3.63, 3.8) is 0 Å². The molecule has 0 N–H and O–H groups in total. The van der Waals surface area contributed by atoms with Crippen LogP contribution in [0.15, 0.2) is 48.5 Å². The lowest BCUT2D eigenvalue weighted by Gasteiger charge is -2.57. The fourth-order valence-corrected chi connectivity index (χ4v) is 4.37. The van der Waals surface area contributed by atoms with Crippen molar-refractivity contribution in [2.24, 2.45) is 11.8 Å². The van der Waals surface area contributed by atoms with E-state index in [1.54, 1.807) is 19.2 Å². The molecule has 0 aromatic heterocycles. The molecule has 0 radical (unpaired) electrons.